The number of benzene rings is 1. The Morgan fingerprint density at radius 3 is 2.74 bits per heavy atom. The number of amides is 2. The molecular weight excluding hydrogens is 410 g/mol. The molecule has 1 spiro atoms. The first kappa shape index (κ1) is 20.4. The quantitative estimate of drug-likeness (QED) is 0.703. The summed E-state index contributed by atoms with van der Waals surface area (Å²) in [6, 6.07) is 8.19. The smallest absolute Gasteiger partial charge is 0.273 e. The molecule has 1 saturated carbocycles. The van der Waals surface area contributed by atoms with Crippen molar-refractivity contribution in [2.45, 2.75) is 43.2 Å². The van der Waals surface area contributed by atoms with Crippen molar-refractivity contribution in [1.29, 1.82) is 0 Å². The minimum atomic E-state index is -0.236. The van der Waals surface area contributed by atoms with Crippen molar-refractivity contribution in [3.8, 4) is 0 Å². The molecule has 0 bridgehead atoms. The van der Waals surface area contributed by atoms with E-state index in [9.17, 15) is 9.59 Å². The molecule has 1 aromatic heterocycles. The number of aromatic nitrogens is 1. The van der Waals surface area contributed by atoms with Gasteiger partial charge in [-0.3, -0.25) is 9.59 Å². The molecule has 1 N–H and O–H groups in total. The number of nitrogens with one attached hydrogen (secondary N) is 1. The van der Waals surface area contributed by atoms with Crippen molar-refractivity contribution in [3.63, 3.8) is 0 Å². The van der Waals surface area contributed by atoms with E-state index in [0.29, 0.717) is 25.4 Å². The van der Waals surface area contributed by atoms with Crippen LogP contribution in [-0.2, 0) is 14.9 Å². The monoisotopic (exact) mass is 437 g/mol. The molecule has 2 atom stereocenters. The van der Waals surface area contributed by atoms with E-state index < -0.39 is 0 Å². The molecule has 2 aromatic rings. The first-order valence-corrected chi connectivity index (χ1v) is 11.9. The molecule has 5 rings (SSSR count). The van der Waals surface area contributed by atoms with Crippen LogP contribution in [0.4, 0.5) is 0 Å². The van der Waals surface area contributed by atoms with Crippen LogP contribution in [0.15, 0.2) is 47.8 Å². The molecule has 3 aliphatic rings. The van der Waals surface area contributed by atoms with E-state index >= 15 is 0 Å². The van der Waals surface area contributed by atoms with Crippen LogP contribution in [0.1, 0.15) is 53.3 Å². The summed E-state index contributed by atoms with van der Waals surface area (Å²) in [5, 5.41) is 5.10. The summed E-state index contributed by atoms with van der Waals surface area (Å²) in [7, 11) is 0. The molecule has 31 heavy (non-hydrogen) atoms. The van der Waals surface area contributed by atoms with Gasteiger partial charge in [-0.2, -0.15) is 0 Å². The fraction of sp³-hybridized carbons (Fsp3) is 0.458. The van der Waals surface area contributed by atoms with Crippen LogP contribution in [0.3, 0.4) is 0 Å². The average molecular weight is 438 g/mol. The number of ether oxygens (including phenoxy) is 1. The van der Waals surface area contributed by atoms with Gasteiger partial charge in [-0.15, -0.1) is 17.9 Å². The highest BCUT2D eigenvalue weighted by molar-refractivity contribution is 7.07. The van der Waals surface area contributed by atoms with Crippen LogP contribution in [0.5, 0.6) is 0 Å². The maximum atomic E-state index is 12.8. The largest absolute Gasteiger partial charge is 0.371 e. The van der Waals surface area contributed by atoms with Crippen LogP contribution in [0.2, 0.25) is 0 Å². The van der Waals surface area contributed by atoms with E-state index in [1.54, 1.807) is 17.0 Å². The van der Waals surface area contributed by atoms with Gasteiger partial charge in [-0.05, 0) is 36.8 Å². The summed E-state index contributed by atoms with van der Waals surface area (Å²) in [5.74, 6) is 0.256. The second kappa shape index (κ2) is 8.20. The SMILES string of the molecule is C=CCO[C@@H]1[C@@H](NC(=O)C2CC2)c2ccccc2C12CCN(C(=O)c1cscn1)CC2. The lowest BCUT2D eigenvalue weighted by Gasteiger charge is -2.44. The third-order valence-corrected chi connectivity index (χ3v) is 7.50. The molecule has 6 nitrogen and oxygen atoms in total. The van der Waals surface area contributed by atoms with Crippen molar-refractivity contribution >= 4 is 23.2 Å². The summed E-state index contributed by atoms with van der Waals surface area (Å²) >= 11 is 1.44. The van der Waals surface area contributed by atoms with Gasteiger partial charge in [-0.25, -0.2) is 4.98 Å². The molecule has 2 amide bonds. The molecular formula is C24H27N3O3S. The highest BCUT2D eigenvalue weighted by Crippen LogP contribution is 2.52. The normalized spacial score (nSPS) is 24.1. The predicted octanol–water partition coefficient (Wildman–Crippen LogP) is 3.47. The van der Waals surface area contributed by atoms with Gasteiger partial charge in [0.15, 0.2) is 0 Å². The molecule has 0 radical (unpaired) electrons. The Balaban J connectivity index is 1.44. The van der Waals surface area contributed by atoms with E-state index in [1.807, 2.05) is 11.0 Å². The second-order valence-corrected chi connectivity index (χ2v) is 9.43. The number of likely N-dealkylation sites (tertiary alicyclic amines) is 1. The van der Waals surface area contributed by atoms with E-state index in [1.165, 1.54) is 16.9 Å². The summed E-state index contributed by atoms with van der Waals surface area (Å²) in [4.78, 5) is 31.6. The van der Waals surface area contributed by atoms with Crippen molar-refractivity contribution in [3.05, 3.63) is 64.6 Å². The molecule has 2 aliphatic carbocycles. The number of hydrogen-bond acceptors (Lipinski definition) is 5. The summed E-state index contributed by atoms with van der Waals surface area (Å²) in [6.07, 6.45) is 5.10. The minimum Gasteiger partial charge on any atom is -0.371 e. The Hall–Kier alpha value is -2.51. The van der Waals surface area contributed by atoms with E-state index in [0.717, 1.165) is 31.2 Å². The summed E-state index contributed by atoms with van der Waals surface area (Å²) < 4.78 is 6.36. The van der Waals surface area contributed by atoms with E-state index in [2.05, 4.69) is 35.1 Å². The predicted molar refractivity (Wildman–Crippen MR) is 119 cm³/mol. The van der Waals surface area contributed by atoms with Gasteiger partial charge in [0.1, 0.15) is 5.69 Å². The van der Waals surface area contributed by atoms with Crippen molar-refractivity contribution in [2.24, 2.45) is 5.92 Å². The van der Waals surface area contributed by atoms with Crippen molar-refractivity contribution in [1.82, 2.24) is 15.2 Å². The number of hydrogen-bond donors (Lipinski definition) is 1. The lowest BCUT2D eigenvalue weighted by atomic mass is 9.71. The van der Waals surface area contributed by atoms with E-state index in [-0.39, 0.29) is 35.3 Å². The van der Waals surface area contributed by atoms with E-state index in [4.69, 9.17) is 4.74 Å². The Kier molecular flexibility index (Phi) is 5.40. The number of rotatable bonds is 6. The molecule has 7 heteroatoms. The summed E-state index contributed by atoms with van der Waals surface area (Å²) in [6.45, 7) is 5.53. The number of carbonyl (C=O) groups is 2. The van der Waals surface area contributed by atoms with Gasteiger partial charge in [0.2, 0.25) is 5.91 Å². The topological polar surface area (TPSA) is 71.5 Å². The maximum Gasteiger partial charge on any atom is 0.273 e. The van der Waals surface area contributed by atoms with Crippen LogP contribution in [0.25, 0.3) is 0 Å². The Morgan fingerprint density at radius 2 is 2.06 bits per heavy atom. The molecule has 162 valence electrons. The van der Waals surface area contributed by atoms with Gasteiger partial charge in [0.05, 0.1) is 24.3 Å². The standard InChI is InChI=1S/C24H27N3O3S/c1-2-13-30-21-20(26-22(28)16-7-8-16)17-5-3-4-6-18(17)24(21)9-11-27(12-10-24)23(29)19-14-31-15-25-19/h2-6,14-16,20-21H,1,7-13H2,(H,26,28)/t20-,21+/m0/s1. The van der Waals surface area contributed by atoms with Gasteiger partial charge < -0.3 is 15.0 Å². The van der Waals surface area contributed by atoms with Crippen LogP contribution in [-0.4, -0.2) is 47.5 Å². The number of piperidine rings is 1. The molecule has 2 heterocycles. The van der Waals surface area contributed by atoms with Crippen molar-refractivity contribution in [2.75, 3.05) is 19.7 Å². The van der Waals surface area contributed by atoms with Crippen LogP contribution < -0.4 is 5.32 Å². The molecule has 2 fully saturated rings. The zero-order valence-corrected chi connectivity index (χ0v) is 18.3. The molecule has 1 saturated heterocycles. The van der Waals surface area contributed by atoms with Gasteiger partial charge in [-0.1, -0.05) is 30.3 Å². The Morgan fingerprint density at radius 1 is 1.29 bits per heavy atom. The number of thiazole rings is 1. The summed E-state index contributed by atoms with van der Waals surface area (Å²) in [5.41, 5.74) is 4.36. The number of nitrogens with zero attached hydrogens (tertiary/aromatic N) is 2. The minimum absolute atomic E-state index is 0.00970. The third kappa shape index (κ3) is 3.59. The first-order chi connectivity index (χ1) is 15.1. The highest BCUT2D eigenvalue weighted by Gasteiger charge is 2.55. The van der Waals surface area contributed by atoms with Crippen LogP contribution in [0, 0.1) is 5.92 Å². The molecule has 0 unspecified atom stereocenters. The van der Waals surface area contributed by atoms with Gasteiger partial charge in [0.25, 0.3) is 5.91 Å². The molecule has 1 aromatic carbocycles. The highest BCUT2D eigenvalue weighted by atomic mass is 32.1. The van der Waals surface area contributed by atoms with Crippen LogP contribution >= 0.6 is 11.3 Å². The fourth-order valence-electron chi connectivity index (χ4n) is 5.20. The van der Waals surface area contributed by atoms with Crippen molar-refractivity contribution < 1.29 is 14.3 Å². The number of carbonyl (C=O) groups excluding carboxylic acids is 2. The average Bonchev–Trinajstić information content (AvgIpc) is 3.46. The third-order valence-electron chi connectivity index (χ3n) is 6.91. The Labute approximate surface area is 186 Å². The first-order valence-electron chi connectivity index (χ1n) is 10.9. The number of fused-ring (bicyclic) bond motifs is 2. The maximum absolute atomic E-state index is 12.8. The van der Waals surface area contributed by atoms with Gasteiger partial charge in [0, 0.05) is 29.8 Å². The zero-order valence-electron chi connectivity index (χ0n) is 17.5. The zero-order chi connectivity index (χ0) is 21.4. The lowest BCUT2D eigenvalue weighted by Crippen LogP contribution is -2.52. The second-order valence-electron chi connectivity index (χ2n) is 8.71. The fourth-order valence-corrected chi connectivity index (χ4v) is 5.72. The Bertz CT molecular complexity index is 978. The lowest BCUT2D eigenvalue weighted by molar-refractivity contribution is -0.125. The van der Waals surface area contributed by atoms with Gasteiger partial charge >= 0.3 is 0 Å². The molecule has 1 aliphatic heterocycles.